The largest absolute Gasteiger partial charge is 0.477 e. The maximum atomic E-state index is 12.1. The molecule has 0 aliphatic carbocycles. The average Bonchev–Trinajstić information content (AvgIpc) is 2.53. The van der Waals surface area contributed by atoms with Crippen LogP contribution < -0.4 is 16.4 Å². The first-order valence-electron chi connectivity index (χ1n) is 7.20. The van der Waals surface area contributed by atoms with Crippen molar-refractivity contribution in [1.82, 2.24) is 10.2 Å². The third-order valence-electron chi connectivity index (χ3n) is 3.71. The van der Waals surface area contributed by atoms with E-state index in [9.17, 15) is 19.5 Å². The van der Waals surface area contributed by atoms with E-state index in [1.807, 2.05) is 25.1 Å². The maximum absolute atomic E-state index is 12.1. The normalized spacial score (nSPS) is 25.2. The minimum Gasteiger partial charge on any atom is -0.477 e. The highest BCUT2D eigenvalue weighted by atomic mass is 32.2. The van der Waals surface area contributed by atoms with Crippen molar-refractivity contribution < 1.29 is 19.5 Å². The molecule has 0 saturated carbocycles. The summed E-state index contributed by atoms with van der Waals surface area (Å²) in [6.07, 6.45) is 1.34. The Labute approximate surface area is 142 Å². The molecule has 2 aliphatic rings. The van der Waals surface area contributed by atoms with Crippen molar-refractivity contribution in [3.05, 3.63) is 41.6 Å². The third-order valence-corrected chi connectivity index (χ3v) is 5.04. The van der Waals surface area contributed by atoms with E-state index in [1.165, 1.54) is 17.8 Å². The van der Waals surface area contributed by atoms with Crippen LogP contribution in [0.15, 0.2) is 36.0 Å². The summed E-state index contributed by atoms with van der Waals surface area (Å²) in [5.41, 5.74) is 7.19. The Bertz CT molecular complexity index is 751. The molecule has 1 aromatic carbocycles. The number of rotatable bonds is 3. The Morgan fingerprint density at radius 1 is 1.38 bits per heavy atom. The number of hydrogen-bond donors (Lipinski definition) is 4. The van der Waals surface area contributed by atoms with Crippen molar-refractivity contribution in [3.63, 3.8) is 0 Å². The number of fused-ring (bicyclic) bond motifs is 1. The van der Waals surface area contributed by atoms with Crippen LogP contribution in [0, 0.1) is 6.92 Å². The van der Waals surface area contributed by atoms with Crippen LogP contribution in [0.5, 0.6) is 0 Å². The van der Waals surface area contributed by atoms with E-state index >= 15 is 0 Å². The van der Waals surface area contributed by atoms with Gasteiger partial charge in [0.05, 0.1) is 5.37 Å². The molecule has 0 spiro atoms. The fraction of sp³-hybridized carbons (Fsp3) is 0.267. The van der Waals surface area contributed by atoms with Gasteiger partial charge in [-0.1, -0.05) is 12.1 Å². The second-order valence-corrected chi connectivity index (χ2v) is 6.77. The number of amides is 3. The molecular formula is C15H16N4O4S. The quantitative estimate of drug-likeness (QED) is 0.595. The lowest BCUT2D eigenvalue weighted by Gasteiger charge is -2.48. The number of urea groups is 1. The number of aryl methyl sites for hydroxylation is 1. The van der Waals surface area contributed by atoms with E-state index in [0.717, 1.165) is 10.5 Å². The number of carbonyl (C=O) groups is 3. The second-order valence-electron chi connectivity index (χ2n) is 5.51. The van der Waals surface area contributed by atoms with Crippen LogP contribution in [0.3, 0.4) is 0 Å². The molecule has 9 heteroatoms. The van der Waals surface area contributed by atoms with Crippen molar-refractivity contribution in [3.8, 4) is 0 Å². The van der Waals surface area contributed by atoms with Crippen LogP contribution in [0.25, 0.3) is 0 Å². The maximum Gasteiger partial charge on any atom is 0.352 e. The minimum atomic E-state index is -1.23. The number of thioether (sulfide) groups is 1. The van der Waals surface area contributed by atoms with E-state index in [4.69, 9.17) is 5.73 Å². The number of anilines is 1. The lowest BCUT2D eigenvalue weighted by atomic mass is 10.1. The fourth-order valence-corrected chi connectivity index (χ4v) is 3.88. The van der Waals surface area contributed by atoms with Gasteiger partial charge in [0.1, 0.15) is 17.1 Å². The van der Waals surface area contributed by atoms with Gasteiger partial charge >= 0.3 is 12.0 Å². The number of carbonyl (C=O) groups excluding carboxylic acids is 2. The molecule has 5 N–H and O–H groups in total. The summed E-state index contributed by atoms with van der Waals surface area (Å²) in [5, 5.41) is 13.5. The van der Waals surface area contributed by atoms with E-state index in [1.54, 1.807) is 6.07 Å². The molecule has 0 aromatic heterocycles. The predicted molar refractivity (Wildman–Crippen MR) is 89.0 cm³/mol. The highest BCUT2D eigenvalue weighted by molar-refractivity contribution is 8.00. The second kappa shape index (κ2) is 6.17. The van der Waals surface area contributed by atoms with Crippen molar-refractivity contribution in [2.75, 3.05) is 5.32 Å². The monoisotopic (exact) mass is 348 g/mol. The first kappa shape index (κ1) is 16.3. The molecule has 3 rings (SSSR count). The Balaban J connectivity index is 1.70. The zero-order valence-corrected chi connectivity index (χ0v) is 13.5. The van der Waals surface area contributed by atoms with Crippen LogP contribution in [-0.2, 0) is 9.59 Å². The number of nitrogens with one attached hydrogen (secondary N) is 2. The molecule has 2 heterocycles. The number of nitrogens with zero attached hydrogens (tertiary/aromatic N) is 1. The highest BCUT2D eigenvalue weighted by Gasteiger charge is 2.52. The summed E-state index contributed by atoms with van der Waals surface area (Å²) < 4.78 is 0. The molecule has 1 fully saturated rings. The molecule has 1 aromatic rings. The Morgan fingerprint density at radius 2 is 2.12 bits per heavy atom. The summed E-state index contributed by atoms with van der Waals surface area (Å²) in [7, 11) is 0. The number of benzene rings is 1. The van der Waals surface area contributed by atoms with Crippen molar-refractivity contribution in [2.45, 2.75) is 23.7 Å². The van der Waals surface area contributed by atoms with Gasteiger partial charge in [-0.2, -0.15) is 0 Å². The number of carboxylic acids is 1. The van der Waals surface area contributed by atoms with Gasteiger partial charge in [-0.3, -0.25) is 9.69 Å². The first-order valence-corrected chi connectivity index (χ1v) is 8.14. The molecule has 24 heavy (non-hydrogen) atoms. The van der Waals surface area contributed by atoms with Crippen LogP contribution in [0.4, 0.5) is 10.5 Å². The van der Waals surface area contributed by atoms with Gasteiger partial charge in [-0.05, 0) is 30.7 Å². The van der Waals surface area contributed by atoms with E-state index in [2.05, 4.69) is 10.6 Å². The molecule has 3 atom stereocenters. The van der Waals surface area contributed by atoms with E-state index < -0.39 is 34.7 Å². The summed E-state index contributed by atoms with van der Waals surface area (Å²) in [4.78, 5) is 36.3. The first-order chi connectivity index (χ1) is 11.4. The van der Waals surface area contributed by atoms with Gasteiger partial charge < -0.3 is 21.5 Å². The lowest BCUT2D eigenvalue weighted by molar-refractivity contribution is -0.147. The average molecular weight is 348 g/mol. The Kier molecular flexibility index (Phi) is 4.20. The van der Waals surface area contributed by atoms with Gasteiger partial charge in [-0.15, -0.1) is 11.8 Å². The zero-order chi connectivity index (χ0) is 17.4. The van der Waals surface area contributed by atoms with E-state index in [0.29, 0.717) is 5.69 Å². The van der Waals surface area contributed by atoms with Crippen LogP contribution in [0.2, 0.25) is 0 Å². The van der Waals surface area contributed by atoms with Gasteiger partial charge in [-0.25, -0.2) is 9.59 Å². The SMILES string of the molecule is Cc1cccc(NC(=O)NC2C=C(C(=O)O)N3C(=O)C(N)[C@H]3S2)c1. The molecule has 2 unspecified atom stereocenters. The minimum absolute atomic E-state index is 0.161. The summed E-state index contributed by atoms with van der Waals surface area (Å²) >= 11 is 1.22. The zero-order valence-electron chi connectivity index (χ0n) is 12.7. The smallest absolute Gasteiger partial charge is 0.352 e. The standard InChI is InChI=1S/C15H16N4O4S/c1-7-3-2-4-8(5-7)17-15(23)18-10-6-9(14(21)22)19-12(20)11(16)13(19)24-10/h2-6,10-11,13H,16H2,1H3,(H,21,22)(H2,17,18,23)/t10?,11?,13-/m1/s1. The number of nitrogens with two attached hydrogens (primary N) is 1. The number of carboxylic acid groups (broad SMARTS) is 1. The summed E-state index contributed by atoms with van der Waals surface area (Å²) in [6.45, 7) is 1.91. The molecule has 8 nitrogen and oxygen atoms in total. The Morgan fingerprint density at radius 3 is 2.79 bits per heavy atom. The van der Waals surface area contributed by atoms with Gasteiger partial charge in [0.2, 0.25) is 5.91 Å². The fourth-order valence-electron chi connectivity index (χ4n) is 2.57. The highest BCUT2D eigenvalue weighted by Crippen LogP contribution is 2.39. The molecule has 2 aliphatic heterocycles. The van der Waals surface area contributed by atoms with Gasteiger partial charge in [0.15, 0.2) is 0 Å². The Hall–Kier alpha value is -2.52. The molecular weight excluding hydrogens is 332 g/mol. The van der Waals surface area contributed by atoms with Crippen molar-refractivity contribution in [1.29, 1.82) is 0 Å². The predicted octanol–water partition coefficient (Wildman–Crippen LogP) is 0.654. The number of aliphatic carboxylic acids is 1. The van der Waals surface area contributed by atoms with Gasteiger partial charge in [0.25, 0.3) is 0 Å². The van der Waals surface area contributed by atoms with Gasteiger partial charge in [0, 0.05) is 5.69 Å². The van der Waals surface area contributed by atoms with E-state index in [-0.39, 0.29) is 5.70 Å². The molecule has 1 saturated heterocycles. The molecule has 0 bridgehead atoms. The van der Waals surface area contributed by atoms with Crippen LogP contribution in [-0.4, -0.2) is 44.7 Å². The molecule has 0 radical (unpaired) electrons. The lowest BCUT2D eigenvalue weighted by Crippen LogP contribution is -2.69. The van der Waals surface area contributed by atoms with Crippen LogP contribution in [0.1, 0.15) is 5.56 Å². The molecule has 3 amide bonds. The van der Waals surface area contributed by atoms with Crippen molar-refractivity contribution >= 4 is 35.4 Å². The molecule has 126 valence electrons. The topological polar surface area (TPSA) is 125 Å². The van der Waals surface area contributed by atoms with Crippen LogP contribution >= 0.6 is 11.8 Å². The third kappa shape index (κ3) is 2.95. The summed E-state index contributed by atoms with van der Waals surface area (Å²) in [6, 6.07) is 6.06. The number of β-lactam (4-membered cyclic amide) rings is 1. The number of hydrogen-bond acceptors (Lipinski definition) is 5. The summed E-state index contributed by atoms with van der Waals surface area (Å²) in [5.74, 6) is -1.66. The van der Waals surface area contributed by atoms with Crippen molar-refractivity contribution in [2.24, 2.45) is 5.73 Å².